The van der Waals surface area contributed by atoms with Gasteiger partial charge >= 0.3 is 0 Å². The van der Waals surface area contributed by atoms with E-state index >= 15 is 0 Å². The summed E-state index contributed by atoms with van der Waals surface area (Å²) in [5, 5.41) is 1.09. The Morgan fingerprint density at radius 2 is 1.88 bits per heavy atom. The largest absolute Gasteiger partial charge is 0.337 e. The first-order valence-corrected chi connectivity index (χ1v) is 14.7. The predicted octanol–water partition coefficient (Wildman–Crippen LogP) is 2.48. The Morgan fingerprint density at radius 3 is 2.61 bits per heavy atom. The van der Waals surface area contributed by atoms with E-state index in [1.165, 1.54) is 35.2 Å². The summed E-state index contributed by atoms with van der Waals surface area (Å²) in [7, 11) is -3.78. The zero-order valence-corrected chi connectivity index (χ0v) is 21.8. The van der Waals surface area contributed by atoms with Gasteiger partial charge in [0.25, 0.3) is 0 Å². The third-order valence-electron chi connectivity index (χ3n) is 6.53. The van der Waals surface area contributed by atoms with E-state index in [2.05, 4.69) is 25.6 Å². The molecule has 182 valence electrons. The molecule has 3 aliphatic heterocycles. The molecule has 0 unspecified atom stereocenters. The van der Waals surface area contributed by atoms with Gasteiger partial charge in [-0.1, -0.05) is 0 Å². The molecule has 2 amide bonds. The summed E-state index contributed by atoms with van der Waals surface area (Å²) >= 11 is 4.77. The van der Waals surface area contributed by atoms with E-state index in [1.807, 2.05) is 17.0 Å². The average molecular weight is 560 g/mol. The predicted molar refractivity (Wildman–Crippen MR) is 133 cm³/mol. The van der Waals surface area contributed by atoms with Crippen LogP contribution in [0.25, 0.3) is 6.08 Å². The third kappa shape index (κ3) is 6.66. The average Bonchev–Trinajstić information content (AvgIpc) is 3.52. The van der Waals surface area contributed by atoms with E-state index in [-0.39, 0.29) is 24.4 Å². The highest BCUT2D eigenvalue weighted by atomic mass is 79.9. The Bertz CT molecular complexity index is 990. The van der Waals surface area contributed by atoms with E-state index in [1.54, 1.807) is 0 Å². The van der Waals surface area contributed by atoms with Crippen LogP contribution in [0.3, 0.4) is 0 Å². The zero-order chi connectivity index (χ0) is 23.4. The summed E-state index contributed by atoms with van der Waals surface area (Å²) in [5.41, 5.74) is 0. The third-order valence-corrected chi connectivity index (χ3v) is 9.23. The standard InChI is InChI=1S/C22H31BrN4O4S2/c23-20-8-7-18(32-20)9-14-33(30,31)24-19-6-4-12-26(22(19)29)16-21(28)27-13-3-5-17(27)15-25-10-1-2-11-25/h7-9,14,17,19,24H,1-6,10-13,15-16H2/b14-9+/t17-,19-/m0/s1. The maximum atomic E-state index is 13.1. The molecule has 11 heteroatoms. The molecule has 1 N–H and O–H groups in total. The van der Waals surface area contributed by atoms with Crippen LogP contribution in [0.4, 0.5) is 0 Å². The number of thiophene rings is 1. The fourth-order valence-electron chi connectivity index (χ4n) is 4.89. The second-order valence-corrected chi connectivity index (χ2v) is 13.0. The van der Waals surface area contributed by atoms with Crippen LogP contribution in [0.15, 0.2) is 21.3 Å². The smallest absolute Gasteiger partial charge is 0.242 e. The number of hydrogen-bond donors (Lipinski definition) is 1. The molecule has 8 nitrogen and oxygen atoms in total. The molecular formula is C22H31BrN4O4S2. The van der Waals surface area contributed by atoms with Crippen molar-refractivity contribution in [3.05, 3.63) is 26.2 Å². The molecule has 4 heterocycles. The number of sulfonamides is 1. The fourth-order valence-corrected chi connectivity index (χ4v) is 7.32. The van der Waals surface area contributed by atoms with Crippen LogP contribution in [0.5, 0.6) is 0 Å². The quantitative estimate of drug-likeness (QED) is 0.529. The van der Waals surface area contributed by atoms with Gasteiger partial charge in [0, 0.05) is 36.0 Å². The molecule has 0 saturated carbocycles. The van der Waals surface area contributed by atoms with Gasteiger partial charge in [-0.3, -0.25) is 9.59 Å². The number of carbonyl (C=O) groups excluding carboxylic acids is 2. The molecule has 4 rings (SSSR count). The van der Waals surface area contributed by atoms with Crippen LogP contribution in [-0.2, 0) is 19.6 Å². The lowest BCUT2D eigenvalue weighted by molar-refractivity contribution is -0.143. The summed E-state index contributed by atoms with van der Waals surface area (Å²) in [6.45, 7) is 4.35. The van der Waals surface area contributed by atoms with Crippen molar-refractivity contribution in [3.63, 3.8) is 0 Å². The molecule has 2 atom stereocenters. The van der Waals surface area contributed by atoms with Crippen molar-refractivity contribution < 1.29 is 18.0 Å². The summed E-state index contributed by atoms with van der Waals surface area (Å²) in [6, 6.07) is 3.04. The number of nitrogens with one attached hydrogen (secondary N) is 1. The van der Waals surface area contributed by atoms with Crippen molar-refractivity contribution in [3.8, 4) is 0 Å². The molecule has 3 saturated heterocycles. The highest BCUT2D eigenvalue weighted by Crippen LogP contribution is 2.24. The lowest BCUT2D eigenvalue weighted by Crippen LogP contribution is -2.55. The van der Waals surface area contributed by atoms with Gasteiger partial charge in [0.15, 0.2) is 0 Å². The molecule has 0 aliphatic carbocycles. The number of halogens is 1. The Balaban J connectivity index is 1.33. The minimum Gasteiger partial charge on any atom is -0.337 e. The number of piperidine rings is 1. The van der Waals surface area contributed by atoms with E-state index in [0.29, 0.717) is 19.4 Å². The van der Waals surface area contributed by atoms with Crippen LogP contribution in [0.2, 0.25) is 0 Å². The number of nitrogens with zero attached hydrogens (tertiary/aromatic N) is 3. The topological polar surface area (TPSA) is 90.0 Å². The monoisotopic (exact) mass is 558 g/mol. The highest BCUT2D eigenvalue weighted by Gasteiger charge is 2.36. The maximum absolute atomic E-state index is 13.1. The number of hydrogen-bond acceptors (Lipinski definition) is 6. The minimum atomic E-state index is -3.78. The summed E-state index contributed by atoms with van der Waals surface area (Å²) in [5.74, 6) is -0.350. The molecule has 1 aromatic heterocycles. The van der Waals surface area contributed by atoms with Crippen LogP contribution in [0.1, 0.15) is 43.4 Å². The van der Waals surface area contributed by atoms with Crippen LogP contribution < -0.4 is 4.72 Å². The van der Waals surface area contributed by atoms with E-state index < -0.39 is 16.1 Å². The molecule has 3 fully saturated rings. The van der Waals surface area contributed by atoms with E-state index in [4.69, 9.17) is 0 Å². The first kappa shape index (κ1) is 24.8. The van der Waals surface area contributed by atoms with Gasteiger partial charge in [-0.25, -0.2) is 8.42 Å². The molecule has 0 bridgehead atoms. The molecule has 33 heavy (non-hydrogen) atoms. The number of amides is 2. The lowest BCUT2D eigenvalue weighted by atomic mass is 10.1. The first-order chi connectivity index (χ1) is 15.8. The van der Waals surface area contributed by atoms with Crippen molar-refractivity contribution in [2.24, 2.45) is 0 Å². The summed E-state index contributed by atoms with van der Waals surface area (Å²) < 4.78 is 28.4. The minimum absolute atomic E-state index is 0.0205. The van der Waals surface area contributed by atoms with Crippen molar-refractivity contribution in [2.45, 2.75) is 50.6 Å². The van der Waals surface area contributed by atoms with Crippen LogP contribution in [-0.4, -0.2) is 86.3 Å². The second-order valence-electron chi connectivity index (χ2n) is 8.95. The Labute approximate surface area is 208 Å². The Hall–Kier alpha value is -1.27. The maximum Gasteiger partial charge on any atom is 0.242 e. The van der Waals surface area contributed by atoms with Crippen molar-refractivity contribution in [1.29, 1.82) is 0 Å². The van der Waals surface area contributed by atoms with Gasteiger partial charge in [-0.2, -0.15) is 4.72 Å². The first-order valence-electron chi connectivity index (χ1n) is 11.6. The van der Waals surface area contributed by atoms with Gasteiger partial charge in [-0.05, 0) is 85.8 Å². The molecule has 1 aromatic rings. The van der Waals surface area contributed by atoms with Gasteiger partial charge in [-0.15, -0.1) is 11.3 Å². The normalized spacial score (nSPS) is 24.9. The molecule has 0 aromatic carbocycles. The molecule has 0 radical (unpaired) electrons. The zero-order valence-electron chi connectivity index (χ0n) is 18.6. The van der Waals surface area contributed by atoms with Gasteiger partial charge in [0.1, 0.15) is 6.04 Å². The van der Waals surface area contributed by atoms with E-state index in [0.717, 1.165) is 53.1 Å². The molecular weight excluding hydrogens is 528 g/mol. The van der Waals surface area contributed by atoms with Gasteiger partial charge < -0.3 is 14.7 Å². The fraction of sp³-hybridized carbons (Fsp3) is 0.636. The van der Waals surface area contributed by atoms with Crippen molar-refractivity contribution in [1.82, 2.24) is 19.4 Å². The number of carbonyl (C=O) groups is 2. The Kier molecular flexibility index (Phi) is 8.27. The number of rotatable bonds is 8. The highest BCUT2D eigenvalue weighted by molar-refractivity contribution is 9.11. The van der Waals surface area contributed by atoms with Crippen molar-refractivity contribution in [2.75, 3.05) is 39.3 Å². The second kappa shape index (κ2) is 11.0. The summed E-state index contributed by atoms with van der Waals surface area (Å²) in [6.07, 6.45) is 7.05. The van der Waals surface area contributed by atoms with Gasteiger partial charge in [0.05, 0.1) is 10.3 Å². The van der Waals surface area contributed by atoms with Gasteiger partial charge in [0.2, 0.25) is 21.8 Å². The van der Waals surface area contributed by atoms with Crippen molar-refractivity contribution >= 4 is 55.2 Å². The van der Waals surface area contributed by atoms with E-state index in [9.17, 15) is 18.0 Å². The number of likely N-dealkylation sites (tertiary alicyclic amines) is 3. The van der Waals surface area contributed by atoms with Crippen LogP contribution >= 0.6 is 27.3 Å². The lowest BCUT2D eigenvalue weighted by Gasteiger charge is -2.34. The molecule has 0 spiro atoms. The SMILES string of the molecule is O=C1[C@@H](NS(=O)(=O)/C=C/c2ccc(Br)s2)CCCN1CC(=O)N1CCC[C@H]1CN1CCCC1. The van der Waals surface area contributed by atoms with Crippen LogP contribution in [0, 0.1) is 0 Å². The summed E-state index contributed by atoms with van der Waals surface area (Å²) in [4.78, 5) is 32.7. The Morgan fingerprint density at radius 1 is 1.12 bits per heavy atom. The molecule has 3 aliphatic rings.